The third-order valence-corrected chi connectivity index (χ3v) is 4.16. The molecule has 1 N–H and O–H groups in total. The molecular formula is C14H19N3. The van der Waals surface area contributed by atoms with Crippen molar-refractivity contribution in [1.29, 1.82) is 0 Å². The van der Waals surface area contributed by atoms with Crippen molar-refractivity contribution in [1.82, 2.24) is 14.9 Å². The predicted molar refractivity (Wildman–Crippen MR) is 70.2 cm³/mol. The predicted octanol–water partition coefficient (Wildman–Crippen LogP) is 2.21. The molecule has 0 aliphatic heterocycles. The van der Waals surface area contributed by atoms with E-state index < -0.39 is 0 Å². The first-order chi connectivity index (χ1) is 8.25. The molecule has 0 unspecified atom stereocenters. The van der Waals surface area contributed by atoms with Crippen LogP contribution in [0, 0.1) is 0 Å². The summed E-state index contributed by atoms with van der Waals surface area (Å²) in [7, 11) is 4.08. The van der Waals surface area contributed by atoms with E-state index >= 15 is 0 Å². The largest absolute Gasteiger partial charge is 0.334 e. The van der Waals surface area contributed by atoms with Crippen molar-refractivity contribution >= 4 is 11.0 Å². The zero-order valence-electron chi connectivity index (χ0n) is 10.5. The first-order valence-electron chi connectivity index (χ1n) is 6.31. The van der Waals surface area contributed by atoms with Crippen LogP contribution in [0.5, 0.6) is 0 Å². The summed E-state index contributed by atoms with van der Waals surface area (Å²) in [5.41, 5.74) is 4.14. The Hall–Kier alpha value is -1.35. The maximum atomic E-state index is 4.45. The lowest BCUT2D eigenvalue weighted by Gasteiger charge is -2.42. The van der Waals surface area contributed by atoms with Gasteiger partial charge in [0, 0.05) is 19.0 Å². The van der Waals surface area contributed by atoms with Gasteiger partial charge in [-0.25, -0.2) is 4.98 Å². The molecule has 0 saturated heterocycles. The molecule has 1 aromatic heterocycles. The summed E-state index contributed by atoms with van der Waals surface area (Å²) in [6, 6.07) is 6.75. The molecule has 1 aliphatic carbocycles. The lowest BCUT2D eigenvalue weighted by molar-refractivity contribution is 0.239. The number of aryl methyl sites for hydroxylation is 1. The summed E-state index contributed by atoms with van der Waals surface area (Å²) < 4.78 is 2.07. The quantitative estimate of drug-likeness (QED) is 0.874. The molecule has 1 heterocycles. The number of hydrogen-bond acceptors (Lipinski definition) is 2. The number of aromatic nitrogens is 2. The van der Waals surface area contributed by atoms with Crippen molar-refractivity contribution in [2.24, 2.45) is 7.05 Å². The van der Waals surface area contributed by atoms with Crippen LogP contribution in [-0.4, -0.2) is 23.1 Å². The Bertz CT molecular complexity index is 537. The van der Waals surface area contributed by atoms with Crippen molar-refractivity contribution in [3.05, 3.63) is 30.1 Å². The standard InChI is InChI=1S/C14H19N3/c1-15-9-14(6-3-7-14)11-4-5-13-12(8-11)16-10-17(13)2/h4-5,8,10,15H,3,6-7,9H2,1-2H3. The van der Waals surface area contributed by atoms with Crippen LogP contribution < -0.4 is 5.32 Å². The number of nitrogens with one attached hydrogen (secondary N) is 1. The van der Waals surface area contributed by atoms with Crippen LogP contribution >= 0.6 is 0 Å². The van der Waals surface area contributed by atoms with Crippen molar-refractivity contribution in [3.8, 4) is 0 Å². The van der Waals surface area contributed by atoms with Crippen LogP contribution in [0.15, 0.2) is 24.5 Å². The minimum Gasteiger partial charge on any atom is -0.334 e. The van der Waals surface area contributed by atoms with E-state index in [9.17, 15) is 0 Å². The average molecular weight is 229 g/mol. The van der Waals surface area contributed by atoms with E-state index in [1.54, 1.807) is 0 Å². The van der Waals surface area contributed by atoms with E-state index in [1.165, 1.54) is 30.3 Å². The first kappa shape index (κ1) is 10.8. The van der Waals surface area contributed by atoms with Gasteiger partial charge in [-0.15, -0.1) is 0 Å². The Morgan fingerprint density at radius 1 is 1.41 bits per heavy atom. The molecule has 90 valence electrons. The van der Waals surface area contributed by atoms with Gasteiger partial charge in [0.2, 0.25) is 0 Å². The number of hydrogen-bond donors (Lipinski definition) is 1. The Balaban J connectivity index is 2.05. The molecule has 3 heteroatoms. The average Bonchev–Trinajstić information content (AvgIpc) is 2.65. The molecular weight excluding hydrogens is 210 g/mol. The second-order valence-electron chi connectivity index (χ2n) is 5.22. The van der Waals surface area contributed by atoms with E-state index in [4.69, 9.17) is 0 Å². The minimum absolute atomic E-state index is 0.362. The van der Waals surface area contributed by atoms with E-state index in [-0.39, 0.29) is 0 Å². The van der Waals surface area contributed by atoms with E-state index in [2.05, 4.69) is 33.1 Å². The molecule has 0 spiro atoms. The van der Waals surface area contributed by atoms with Gasteiger partial charge >= 0.3 is 0 Å². The fourth-order valence-corrected chi connectivity index (χ4v) is 2.98. The third-order valence-electron chi connectivity index (χ3n) is 4.16. The first-order valence-corrected chi connectivity index (χ1v) is 6.31. The summed E-state index contributed by atoms with van der Waals surface area (Å²) in [6.07, 6.45) is 5.83. The lowest BCUT2D eigenvalue weighted by Crippen LogP contribution is -2.42. The van der Waals surface area contributed by atoms with Crippen LogP contribution in [-0.2, 0) is 12.5 Å². The summed E-state index contributed by atoms with van der Waals surface area (Å²) >= 11 is 0. The Kier molecular flexibility index (Phi) is 2.44. The van der Waals surface area contributed by atoms with Crippen molar-refractivity contribution in [2.45, 2.75) is 24.7 Å². The molecule has 1 aromatic carbocycles. The Morgan fingerprint density at radius 2 is 2.24 bits per heavy atom. The fourth-order valence-electron chi connectivity index (χ4n) is 2.98. The Labute approximate surface area is 102 Å². The van der Waals surface area contributed by atoms with Gasteiger partial charge in [-0.3, -0.25) is 0 Å². The molecule has 1 fully saturated rings. The molecule has 17 heavy (non-hydrogen) atoms. The zero-order valence-corrected chi connectivity index (χ0v) is 10.5. The van der Waals surface area contributed by atoms with Crippen molar-refractivity contribution < 1.29 is 0 Å². The summed E-state index contributed by atoms with van der Waals surface area (Å²) in [5, 5.41) is 3.34. The van der Waals surface area contributed by atoms with Gasteiger partial charge in [-0.2, -0.15) is 0 Å². The van der Waals surface area contributed by atoms with Gasteiger partial charge in [0.15, 0.2) is 0 Å². The maximum Gasteiger partial charge on any atom is 0.0955 e. The van der Waals surface area contributed by atoms with Gasteiger partial charge in [-0.05, 0) is 37.6 Å². The summed E-state index contributed by atoms with van der Waals surface area (Å²) in [5.74, 6) is 0. The maximum absolute atomic E-state index is 4.45. The molecule has 0 bridgehead atoms. The smallest absolute Gasteiger partial charge is 0.0955 e. The van der Waals surface area contributed by atoms with Gasteiger partial charge < -0.3 is 9.88 Å². The molecule has 0 radical (unpaired) electrons. The van der Waals surface area contributed by atoms with Gasteiger partial charge in [0.25, 0.3) is 0 Å². The Morgan fingerprint density at radius 3 is 2.88 bits per heavy atom. The highest BCUT2D eigenvalue weighted by atomic mass is 15.0. The minimum atomic E-state index is 0.362. The van der Waals surface area contributed by atoms with E-state index in [0.717, 1.165) is 12.1 Å². The fraction of sp³-hybridized carbons (Fsp3) is 0.500. The topological polar surface area (TPSA) is 29.9 Å². The SMILES string of the molecule is CNCC1(c2ccc3c(c2)ncn3C)CCC1. The van der Waals surface area contributed by atoms with Crippen molar-refractivity contribution in [2.75, 3.05) is 13.6 Å². The summed E-state index contributed by atoms with van der Waals surface area (Å²) in [6.45, 7) is 1.07. The summed E-state index contributed by atoms with van der Waals surface area (Å²) in [4.78, 5) is 4.45. The highest BCUT2D eigenvalue weighted by molar-refractivity contribution is 5.76. The lowest BCUT2D eigenvalue weighted by atomic mass is 9.64. The second kappa shape index (κ2) is 3.84. The second-order valence-corrected chi connectivity index (χ2v) is 5.22. The highest BCUT2D eigenvalue weighted by Crippen LogP contribution is 2.43. The molecule has 2 aromatic rings. The molecule has 0 atom stereocenters. The molecule has 0 amide bonds. The zero-order chi connectivity index (χ0) is 11.9. The van der Waals surface area contributed by atoms with Gasteiger partial charge in [0.1, 0.15) is 0 Å². The molecule has 1 aliphatic rings. The highest BCUT2D eigenvalue weighted by Gasteiger charge is 2.38. The van der Waals surface area contributed by atoms with Crippen molar-refractivity contribution in [3.63, 3.8) is 0 Å². The van der Waals surface area contributed by atoms with Crippen LogP contribution in [0.25, 0.3) is 11.0 Å². The van der Waals surface area contributed by atoms with Crippen LogP contribution in [0.4, 0.5) is 0 Å². The van der Waals surface area contributed by atoms with E-state index in [0.29, 0.717) is 5.41 Å². The van der Waals surface area contributed by atoms with Crippen LogP contribution in [0.1, 0.15) is 24.8 Å². The van der Waals surface area contributed by atoms with Crippen LogP contribution in [0.2, 0.25) is 0 Å². The van der Waals surface area contributed by atoms with Crippen LogP contribution in [0.3, 0.4) is 0 Å². The monoisotopic (exact) mass is 229 g/mol. The molecule has 3 rings (SSSR count). The number of rotatable bonds is 3. The number of imidazole rings is 1. The number of likely N-dealkylation sites (N-methyl/N-ethyl adjacent to an activating group) is 1. The van der Waals surface area contributed by atoms with Gasteiger partial charge in [-0.1, -0.05) is 12.5 Å². The van der Waals surface area contributed by atoms with E-state index in [1.807, 2.05) is 20.4 Å². The van der Waals surface area contributed by atoms with Gasteiger partial charge in [0.05, 0.1) is 17.4 Å². The molecule has 3 nitrogen and oxygen atoms in total. The number of fused-ring (bicyclic) bond motifs is 1. The molecule has 1 saturated carbocycles. The third kappa shape index (κ3) is 1.57. The number of nitrogens with zero attached hydrogens (tertiary/aromatic N) is 2. The normalized spacial score (nSPS) is 18.2. The number of benzene rings is 1.